The number of benzene rings is 4. The number of fused-ring (bicyclic) bond motifs is 2. The van der Waals surface area contributed by atoms with Crippen molar-refractivity contribution in [1.29, 1.82) is 0 Å². The van der Waals surface area contributed by atoms with Gasteiger partial charge in [0, 0.05) is 73.2 Å². The minimum atomic E-state index is -0.690. The number of hydrogen-bond acceptors (Lipinski definition) is 15. The molecule has 0 bridgehead atoms. The maximum atomic E-state index is 14.2. The first-order chi connectivity index (χ1) is 35.7. The van der Waals surface area contributed by atoms with Gasteiger partial charge in [-0.25, -0.2) is 19.7 Å². The molecule has 3 aliphatic heterocycles. The Morgan fingerprint density at radius 3 is 2.32 bits per heavy atom. The van der Waals surface area contributed by atoms with E-state index in [9.17, 15) is 9.59 Å². The van der Waals surface area contributed by atoms with Gasteiger partial charge in [0.15, 0.2) is 17.7 Å². The number of H-pyrrole nitrogens is 2. The third kappa shape index (κ3) is 11.6. The van der Waals surface area contributed by atoms with E-state index in [1.54, 1.807) is 38.9 Å². The number of nitrogens with zero attached hydrogens (tertiary/aromatic N) is 7. The van der Waals surface area contributed by atoms with E-state index in [4.69, 9.17) is 39.4 Å². The number of imidazole rings is 2. The first-order valence-electron chi connectivity index (χ1n) is 24.7. The summed E-state index contributed by atoms with van der Waals surface area (Å²) in [5.74, 6) is 3.51. The Balaban J connectivity index is 0.669. The highest BCUT2D eigenvalue weighted by atomic mass is 33.1. The molecule has 4 N–H and O–H groups in total. The zero-order chi connectivity index (χ0) is 50.3. The smallest absolute Gasteiger partial charge is 0.412 e. The minimum absolute atomic E-state index is 0.224. The zero-order valence-electron chi connectivity index (χ0n) is 41.1. The van der Waals surface area contributed by atoms with Crippen molar-refractivity contribution in [3.05, 3.63) is 115 Å². The molecule has 3 fully saturated rings. The molecule has 1 unspecified atom stereocenters. The molecule has 10 rings (SSSR count). The number of carbonyl (C=O) groups is 2. The maximum Gasteiger partial charge on any atom is 0.412 e. The predicted octanol–water partition coefficient (Wildman–Crippen LogP) is 9.15. The van der Waals surface area contributed by atoms with Crippen LogP contribution in [0.5, 0.6) is 17.2 Å². The normalized spacial score (nSPS) is 17.2. The Morgan fingerprint density at radius 2 is 1.55 bits per heavy atom. The standard InChI is InChI=1S/C54H60N10O7S2/c1-35-29-46(53-63(23-26-70-53)54(66)71-27-28-72-73-49-9-5-6-18-56-49)64(34-35)52(65)40-32-47(67-3)48(33-41(40)55)69-25-8-4-7-24-68-39-14-10-36(11-15-39)50-57-42-16-12-37(30-44(42)59-50)51-58-43-17-13-38(31-45(43)60-51)62-21-19-61(2)20-22-62/h5-6,9-18,30-33,46,53H,1,4,7-8,19-29,34,55H2,2-3H3,(H,57,59)(H,58,60)/t46?,53-/m0/s1. The second kappa shape index (κ2) is 22.9. The molecule has 2 amide bonds. The van der Waals surface area contributed by atoms with E-state index >= 15 is 0 Å². The van der Waals surface area contributed by atoms with Gasteiger partial charge in [0.25, 0.3) is 5.91 Å². The van der Waals surface area contributed by atoms with Crippen LogP contribution >= 0.6 is 21.6 Å². The first kappa shape index (κ1) is 49.6. The number of aromatic nitrogens is 5. The van der Waals surface area contributed by atoms with Crippen molar-refractivity contribution in [2.75, 3.05) is 96.2 Å². The van der Waals surface area contributed by atoms with E-state index in [1.165, 1.54) is 23.6 Å². The second-order valence-corrected chi connectivity index (χ2v) is 20.8. The zero-order valence-corrected chi connectivity index (χ0v) is 42.7. The van der Waals surface area contributed by atoms with Crippen LogP contribution in [0.1, 0.15) is 36.0 Å². The molecule has 3 aromatic heterocycles. The molecule has 0 spiro atoms. The topological polar surface area (TPSA) is 190 Å². The number of anilines is 2. The van der Waals surface area contributed by atoms with Crippen LogP contribution in [0.4, 0.5) is 16.2 Å². The van der Waals surface area contributed by atoms with Crippen LogP contribution in [-0.4, -0.2) is 149 Å². The van der Waals surface area contributed by atoms with Crippen LogP contribution in [0.15, 0.2) is 114 Å². The summed E-state index contributed by atoms with van der Waals surface area (Å²) in [6.45, 7) is 10.5. The number of unbranched alkanes of at least 4 members (excludes halogenated alkanes) is 2. The van der Waals surface area contributed by atoms with Gasteiger partial charge in [-0.15, -0.1) is 0 Å². The summed E-state index contributed by atoms with van der Waals surface area (Å²) in [6.07, 6.45) is 3.52. The maximum absolute atomic E-state index is 14.2. The second-order valence-electron chi connectivity index (χ2n) is 18.4. The molecule has 0 radical (unpaired) electrons. The van der Waals surface area contributed by atoms with Crippen molar-refractivity contribution < 1.29 is 33.3 Å². The van der Waals surface area contributed by atoms with Crippen molar-refractivity contribution in [3.63, 3.8) is 0 Å². The van der Waals surface area contributed by atoms with Gasteiger partial charge in [-0.05, 0) is 122 Å². The largest absolute Gasteiger partial charge is 0.494 e. The monoisotopic (exact) mass is 1020 g/mol. The molecule has 0 saturated carbocycles. The number of pyridine rings is 1. The number of carbonyl (C=O) groups excluding carboxylic acids is 2. The molecule has 380 valence electrons. The highest BCUT2D eigenvalue weighted by molar-refractivity contribution is 8.76. The lowest BCUT2D eigenvalue weighted by atomic mass is 10.1. The number of hydrogen-bond donors (Lipinski definition) is 3. The van der Waals surface area contributed by atoms with Crippen LogP contribution < -0.4 is 24.8 Å². The summed E-state index contributed by atoms with van der Waals surface area (Å²) in [5.41, 5.74) is 14.9. The fraction of sp³-hybridized carbons (Fsp3) is 0.352. The summed E-state index contributed by atoms with van der Waals surface area (Å²) in [5, 5.41) is 0.888. The summed E-state index contributed by atoms with van der Waals surface area (Å²) < 4.78 is 29.6. The van der Waals surface area contributed by atoms with Gasteiger partial charge in [-0.3, -0.25) is 9.69 Å². The Kier molecular flexibility index (Phi) is 15.6. The Morgan fingerprint density at radius 1 is 0.808 bits per heavy atom. The SMILES string of the molecule is C=C1CC([C@@H]2OCCN2C(=O)OCCSSc2ccccn2)N(C(=O)c2cc(OC)c(OCCCCCOc3ccc(-c4nc5ccc(-c6nc7ccc(N8CCN(C)CC8)cc7[nH]6)cc5[nH]4)cc3)cc2N)C1. The number of piperazine rings is 1. The number of ether oxygens (including phenoxy) is 5. The molecular weight excluding hydrogens is 965 g/mol. The molecule has 7 aromatic rings. The van der Waals surface area contributed by atoms with Crippen molar-refractivity contribution in [1.82, 2.24) is 39.6 Å². The molecule has 4 aromatic carbocycles. The number of likely N-dealkylation sites (tertiary alicyclic amines) is 1. The Hall–Kier alpha value is -6.93. The molecular formula is C54H60N10O7S2. The van der Waals surface area contributed by atoms with Crippen molar-refractivity contribution in [2.45, 2.75) is 43.0 Å². The molecule has 3 saturated heterocycles. The molecule has 6 heterocycles. The summed E-state index contributed by atoms with van der Waals surface area (Å²) in [7, 11) is 6.78. The first-order valence-corrected chi connectivity index (χ1v) is 27.0. The average Bonchev–Trinajstić information content (AvgIpc) is 4.24. The number of nitrogen functional groups attached to an aromatic ring is 1. The lowest BCUT2D eigenvalue weighted by Crippen LogP contribution is -2.51. The molecule has 2 atom stereocenters. The quantitative estimate of drug-likeness (QED) is 0.0301. The third-order valence-corrected chi connectivity index (χ3v) is 15.5. The number of nitrogens with two attached hydrogens (primary N) is 1. The summed E-state index contributed by atoms with van der Waals surface area (Å²) in [6, 6.07) is 29.1. The fourth-order valence-corrected chi connectivity index (χ4v) is 11.1. The number of rotatable bonds is 19. The molecule has 3 aliphatic rings. The van der Waals surface area contributed by atoms with Gasteiger partial charge >= 0.3 is 6.09 Å². The summed E-state index contributed by atoms with van der Waals surface area (Å²) in [4.78, 5) is 56.5. The molecule has 73 heavy (non-hydrogen) atoms. The van der Waals surface area contributed by atoms with Gasteiger partial charge in [0.2, 0.25) is 0 Å². The highest BCUT2D eigenvalue weighted by Gasteiger charge is 2.45. The van der Waals surface area contributed by atoms with Crippen LogP contribution in [0, 0.1) is 0 Å². The fourth-order valence-electron chi connectivity index (χ4n) is 9.39. The van der Waals surface area contributed by atoms with E-state index in [0.717, 1.165) is 107 Å². The molecule has 19 heteroatoms. The minimum Gasteiger partial charge on any atom is -0.494 e. The van der Waals surface area contributed by atoms with E-state index < -0.39 is 18.4 Å². The van der Waals surface area contributed by atoms with Crippen molar-refractivity contribution >= 4 is 67.0 Å². The number of amides is 2. The Labute approximate surface area is 432 Å². The summed E-state index contributed by atoms with van der Waals surface area (Å²) >= 11 is 0. The van der Waals surface area contributed by atoms with Crippen LogP contribution in [0.3, 0.4) is 0 Å². The Bertz CT molecular complexity index is 3050. The third-order valence-electron chi connectivity index (χ3n) is 13.3. The van der Waals surface area contributed by atoms with E-state index in [0.29, 0.717) is 56.6 Å². The van der Waals surface area contributed by atoms with Gasteiger partial charge in [-0.2, -0.15) is 0 Å². The van der Waals surface area contributed by atoms with Gasteiger partial charge in [-0.1, -0.05) is 29.0 Å². The lowest BCUT2D eigenvalue weighted by Gasteiger charge is -2.34. The van der Waals surface area contributed by atoms with E-state index in [-0.39, 0.29) is 23.8 Å². The highest BCUT2D eigenvalue weighted by Crippen LogP contribution is 2.37. The number of aromatic amines is 2. The average molecular weight is 1030 g/mol. The predicted molar refractivity (Wildman–Crippen MR) is 288 cm³/mol. The van der Waals surface area contributed by atoms with Crippen LogP contribution in [0.2, 0.25) is 0 Å². The molecule has 17 nitrogen and oxygen atoms in total. The number of nitrogens with one attached hydrogen (secondary N) is 2. The van der Waals surface area contributed by atoms with Gasteiger partial charge in [0.05, 0.1) is 67.1 Å². The van der Waals surface area contributed by atoms with Gasteiger partial charge in [0.1, 0.15) is 29.0 Å². The number of methoxy groups -OCH3 is 1. The lowest BCUT2D eigenvalue weighted by molar-refractivity contribution is -0.0200. The number of likely N-dealkylation sites (N-methyl/N-ethyl adjacent to an activating group) is 1. The van der Waals surface area contributed by atoms with E-state index in [2.05, 4.69) is 68.7 Å². The van der Waals surface area contributed by atoms with Crippen LogP contribution in [0.25, 0.3) is 44.8 Å². The molecule has 0 aliphatic carbocycles. The van der Waals surface area contributed by atoms with Crippen LogP contribution in [-0.2, 0) is 9.47 Å². The van der Waals surface area contributed by atoms with Crippen molar-refractivity contribution in [3.8, 4) is 40.0 Å². The van der Waals surface area contributed by atoms with E-state index in [1.807, 2.05) is 48.5 Å². The van der Waals surface area contributed by atoms with Gasteiger partial charge < -0.3 is 54.1 Å². The van der Waals surface area contributed by atoms with Crippen molar-refractivity contribution in [2.24, 2.45) is 0 Å².